The molecule has 4 rings (SSSR count). The fourth-order valence-corrected chi connectivity index (χ4v) is 4.05. The first-order chi connectivity index (χ1) is 12.7. The standard InChI is InChI=1S/C18H18ClN5O3/c1-9-20-17-21-12-7-18(2,3)8-14(25)15(12)16(23(17)22-9)10-4-5-11(19)13(6-10)24(26)27/h4-6,16H,7-8H2,1-3H3,(H,20,21,22). The van der Waals surface area contributed by atoms with Gasteiger partial charge in [-0.1, -0.05) is 31.5 Å². The number of carbonyl (C=O) groups excluding carboxylic acids is 1. The number of aromatic nitrogens is 3. The normalized spacial score (nSPS) is 20.7. The summed E-state index contributed by atoms with van der Waals surface area (Å²) in [5.41, 5.74) is 1.61. The second kappa shape index (κ2) is 5.88. The lowest BCUT2D eigenvalue weighted by molar-refractivity contribution is -0.384. The lowest BCUT2D eigenvalue weighted by Gasteiger charge is -2.38. The van der Waals surface area contributed by atoms with Gasteiger partial charge in [-0.25, -0.2) is 4.68 Å². The highest BCUT2D eigenvalue weighted by atomic mass is 35.5. The van der Waals surface area contributed by atoms with Gasteiger partial charge in [0, 0.05) is 23.8 Å². The summed E-state index contributed by atoms with van der Waals surface area (Å²) >= 11 is 5.97. The molecule has 1 N–H and O–H groups in total. The van der Waals surface area contributed by atoms with E-state index in [2.05, 4.69) is 15.4 Å². The Kier molecular flexibility index (Phi) is 3.85. The highest BCUT2D eigenvalue weighted by Gasteiger charge is 2.42. The van der Waals surface area contributed by atoms with Crippen LogP contribution in [-0.2, 0) is 4.79 Å². The molecule has 2 aromatic rings. The lowest BCUT2D eigenvalue weighted by Crippen LogP contribution is -2.36. The van der Waals surface area contributed by atoms with Crippen molar-refractivity contribution in [1.82, 2.24) is 14.8 Å². The van der Waals surface area contributed by atoms with Gasteiger partial charge in [0.1, 0.15) is 16.9 Å². The van der Waals surface area contributed by atoms with Crippen molar-refractivity contribution < 1.29 is 9.72 Å². The number of hydrogen-bond donors (Lipinski definition) is 1. The Labute approximate surface area is 160 Å². The summed E-state index contributed by atoms with van der Waals surface area (Å²) in [4.78, 5) is 28.2. The zero-order valence-electron chi connectivity index (χ0n) is 15.1. The summed E-state index contributed by atoms with van der Waals surface area (Å²) in [6.45, 7) is 5.85. The maximum absolute atomic E-state index is 13.0. The number of nitro groups is 1. The van der Waals surface area contributed by atoms with Crippen molar-refractivity contribution >= 4 is 29.0 Å². The molecule has 27 heavy (non-hydrogen) atoms. The molecule has 1 unspecified atom stereocenters. The number of nitrogens with zero attached hydrogens (tertiary/aromatic N) is 4. The molecule has 8 nitrogen and oxygen atoms in total. The SMILES string of the molecule is Cc1nc2n(n1)C(c1ccc(Cl)c([N+](=O)[O-])c1)C1=C(CC(C)(C)CC1=O)N2. The van der Waals surface area contributed by atoms with Gasteiger partial charge in [-0.15, -0.1) is 0 Å². The Balaban J connectivity index is 1.94. The number of nitro benzene ring substituents is 1. The molecule has 140 valence electrons. The Morgan fingerprint density at radius 2 is 2.11 bits per heavy atom. The van der Waals surface area contributed by atoms with Crippen LogP contribution in [0.25, 0.3) is 0 Å². The van der Waals surface area contributed by atoms with Gasteiger partial charge in [-0.3, -0.25) is 14.9 Å². The molecule has 0 amide bonds. The third kappa shape index (κ3) is 2.90. The van der Waals surface area contributed by atoms with E-state index < -0.39 is 11.0 Å². The molecule has 0 radical (unpaired) electrons. The van der Waals surface area contributed by atoms with Crippen LogP contribution in [0.15, 0.2) is 29.5 Å². The van der Waals surface area contributed by atoms with E-state index in [-0.39, 0.29) is 21.9 Å². The number of carbonyl (C=O) groups is 1. The minimum atomic E-state index is -0.572. The van der Waals surface area contributed by atoms with Gasteiger partial charge in [0.15, 0.2) is 5.78 Å². The molecule has 1 aliphatic heterocycles. The smallest absolute Gasteiger partial charge is 0.288 e. The zero-order chi connectivity index (χ0) is 19.5. The number of ketones is 1. The number of hydrogen-bond acceptors (Lipinski definition) is 6. The number of anilines is 1. The predicted molar refractivity (Wildman–Crippen MR) is 99.7 cm³/mol. The van der Waals surface area contributed by atoms with Crippen molar-refractivity contribution in [3.63, 3.8) is 0 Å². The minimum absolute atomic E-state index is 0.00940. The molecule has 0 spiro atoms. The van der Waals surface area contributed by atoms with E-state index in [4.69, 9.17) is 11.6 Å². The largest absolute Gasteiger partial charge is 0.328 e. The first-order valence-electron chi connectivity index (χ1n) is 8.56. The van der Waals surface area contributed by atoms with Crippen LogP contribution in [0.5, 0.6) is 0 Å². The molecule has 2 aliphatic rings. The van der Waals surface area contributed by atoms with Crippen LogP contribution in [-0.4, -0.2) is 25.5 Å². The van der Waals surface area contributed by atoms with E-state index in [0.717, 1.165) is 5.70 Å². The molecule has 0 saturated heterocycles. The molecule has 0 fully saturated rings. The van der Waals surface area contributed by atoms with Gasteiger partial charge < -0.3 is 5.32 Å². The van der Waals surface area contributed by atoms with Gasteiger partial charge in [0.05, 0.1) is 4.92 Å². The van der Waals surface area contributed by atoms with E-state index in [0.29, 0.717) is 35.8 Å². The van der Waals surface area contributed by atoms with Gasteiger partial charge in [-0.2, -0.15) is 10.1 Å². The molecular weight excluding hydrogens is 370 g/mol. The van der Waals surface area contributed by atoms with Gasteiger partial charge in [0.2, 0.25) is 5.95 Å². The van der Waals surface area contributed by atoms with E-state index in [9.17, 15) is 14.9 Å². The topological polar surface area (TPSA) is 103 Å². The number of aryl methyl sites for hydroxylation is 1. The number of halogens is 1. The summed E-state index contributed by atoms with van der Waals surface area (Å²) in [5, 5.41) is 19.1. The van der Waals surface area contributed by atoms with Crippen molar-refractivity contribution in [2.24, 2.45) is 5.41 Å². The zero-order valence-corrected chi connectivity index (χ0v) is 15.9. The quantitative estimate of drug-likeness (QED) is 0.620. The first-order valence-corrected chi connectivity index (χ1v) is 8.94. The second-order valence-electron chi connectivity index (χ2n) is 7.76. The van der Waals surface area contributed by atoms with Crippen LogP contribution in [0, 0.1) is 22.5 Å². The summed E-state index contributed by atoms with van der Waals surface area (Å²) in [6, 6.07) is 4.02. The molecule has 1 aromatic carbocycles. The predicted octanol–water partition coefficient (Wildman–Crippen LogP) is 3.81. The van der Waals surface area contributed by atoms with Gasteiger partial charge in [0.25, 0.3) is 5.69 Å². The van der Waals surface area contributed by atoms with Crippen LogP contribution >= 0.6 is 11.6 Å². The third-order valence-electron chi connectivity index (χ3n) is 4.92. The fraction of sp³-hybridized carbons (Fsp3) is 0.389. The molecule has 1 aliphatic carbocycles. The number of fused-ring (bicyclic) bond motifs is 1. The molecular formula is C18H18ClN5O3. The lowest BCUT2D eigenvalue weighted by atomic mass is 9.73. The van der Waals surface area contributed by atoms with Crippen molar-refractivity contribution in [2.75, 3.05) is 5.32 Å². The average molecular weight is 388 g/mol. The van der Waals surface area contributed by atoms with Crippen LogP contribution in [0.1, 0.15) is 44.1 Å². The number of nitrogens with one attached hydrogen (secondary N) is 1. The summed E-state index contributed by atoms with van der Waals surface area (Å²) < 4.78 is 1.62. The molecule has 9 heteroatoms. The summed E-state index contributed by atoms with van der Waals surface area (Å²) in [7, 11) is 0. The van der Waals surface area contributed by atoms with Gasteiger partial charge in [-0.05, 0) is 30.4 Å². The Morgan fingerprint density at radius 3 is 2.81 bits per heavy atom. The third-order valence-corrected chi connectivity index (χ3v) is 5.24. The molecule has 0 saturated carbocycles. The van der Waals surface area contributed by atoms with Crippen molar-refractivity contribution in [1.29, 1.82) is 0 Å². The van der Waals surface area contributed by atoms with Crippen LogP contribution < -0.4 is 5.32 Å². The number of rotatable bonds is 2. The fourth-order valence-electron chi connectivity index (χ4n) is 3.86. The van der Waals surface area contributed by atoms with E-state index in [1.807, 2.05) is 13.8 Å². The second-order valence-corrected chi connectivity index (χ2v) is 8.16. The first kappa shape index (κ1) is 17.7. The molecule has 0 bridgehead atoms. The van der Waals surface area contributed by atoms with Crippen molar-refractivity contribution in [2.45, 2.75) is 39.7 Å². The monoisotopic (exact) mass is 387 g/mol. The number of allylic oxidation sites excluding steroid dienone is 2. The molecule has 2 heterocycles. The van der Waals surface area contributed by atoms with E-state index in [1.165, 1.54) is 12.1 Å². The van der Waals surface area contributed by atoms with Crippen LogP contribution in [0.4, 0.5) is 11.6 Å². The Morgan fingerprint density at radius 1 is 1.37 bits per heavy atom. The Hall–Kier alpha value is -2.74. The minimum Gasteiger partial charge on any atom is -0.328 e. The van der Waals surface area contributed by atoms with E-state index in [1.54, 1.807) is 17.7 Å². The molecule has 1 atom stereocenters. The number of Topliss-reactive ketones (excluding diaryl/α,β-unsaturated/α-hetero) is 1. The van der Waals surface area contributed by atoms with E-state index >= 15 is 0 Å². The van der Waals surface area contributed by atoms with Crippen molar-refractivity contribution in [3.05, 3.63) is 56.0 Å². The highest BCUT2D eigenvalue weighted by molar-refractivity contribution is 6.32. The summed E-state index contributed by atoms with van der Waals surface area (Å²) in [5.74, 6) is 1.09. The molecule has 1 aromatic heterocycles. The Bertz CT molecular complexity index is 1020. The highest BCUT2D eigenvalue weighted by Crippen LogP contribution is 2.46. The van der Waals surface area contributed by atoms with Gasteiger partial charge >= 0.3 is 0 Å². The number of benzene rings is 1. The maximum atomic E-state index is 13.0. The van der Waals surface area contributed by atoms with Crippen LogP contribution in [0.2, 0.25) is 5.02 Å². The summed E-state index contributed by atoms with van der Waals surface area (Å²) in [6.07, 6.45) is 1.09. The van der Waals surface area contributed by atoms with Crippen molar-refractivity contribution in [3.8, 4) is 0 Å². The maximum Gasteiger partial charge on any atom is 0.288 e. The average Bonchev–Trinajstić information content (AvgIpc) is 2.91. The van der Waals surface area contributed by atoms with Crippen LogP contribution in [0.3, 0.4) is 0 Å².